The highest BCUT2D eigenvalue weighted by Gasteiger charge is 2.17. The Labute approximate surface area is 152 Å². The molecule has 0 unspecified atom stereocenters. The fraction of sp³-hybridized carbons (Fsp3) is 0.182. The number of fused-ring (bicyclic) bond motifs is 1. The number of hydrogen-bond donors (Lipinski definition) is 1. The van der Waals surface area contributed by atoms with Crippen LogP contribution in [-0.4, -0.2) is 18.3 Å². The van der Waals surface area contributed by atoms with E-state index in [1.807, 2.05) is 54.6 Å². The molecule has 0 spiro atoms. The normalized spacial score (nSPS) is 11.8. The zero-order valence-corrected chi connectivity index (χ0v) is 14.9. The number of ether oxygens (including phenoxy) is 1. The summed E-state index contributed by atoms with van der Waals surface area (Å²) in [6.45, 7) is 3.75. The lowest BCUT2D eigenvalue weighted by Gasteiger charge is -2.17. The number of aldehydes is 1. The van der Waals surface area contributed by atoms with Crippen molar-refractivity contribution in [3.63, 3.8) is 0 Å². The lowest BCUT2D eigenvalue weighted by Crippen LogP contribution is -2.30. The Balaban J connectivity index is 1.76. The number of carbonyl (C=O) groups excluding carboxylic acids is 2. The Morgan fingerprint density at radius 2 is 1.81 bits per heavy atom. The average molecular weight is 347 g/mol. The second-order valence-corrected chi connectivity index (χ2v) is 6.12. The molecule has 0 saturated carbocycles. The van der Waals surface area contributed by atoms with Crippen molar-refractivity contribution in [3.05, 3.63) is 71.8 Å². The van der Waals surface area contributed by atoms with Crippen molar-refractivity contribution >= 4 is 28.7 Å². The second kappa shape index (κ2) is 7.83. The van der Waals surface area contributed by atoms with E-state index in [1.165, 1.54) is 5.56 Å². The first-order valence-corrected chi connectivity index (χ1v) is 8.65. The van der Waals surface area contributed by atoms with Gasteiger partial charge >= 0.3 is 0 Å². The summed E-state index contributed by atoms with van der Waals surface area (Å²) in [6.07, 6.45) is 0.983. The molecule has 0 radical (unpaired) electrons. The molecular formula is C22H21NO3. The van der Waals surface area contributed by atoms with Crippen LogP contribution in [0.1, 0.15) is 29.8 Å². The summed E-state index contributed by atoms with van der Waals surface area (Å²) in [6, 6.07) is 18.9. The van der Waals surface area contributed by atoms with E-state index < -0.39 is 6.10 Å². The van der Waals surface area contributed by atoms with Gasteiger partial charge in [0.15, 0.2) is 12.4 Å². The number of amides is 1. The summed E-state index contributed by atoms with van der Waals surface area (Å²) >= 11 is 0. The third-order valence-electron chi connectivity index (χ3n) is 4.35. The lowest BCUT2D eigenvalue weighted by atomic mass is 10.0. The third kappa shape index (κ3) is 3.75. The molecule has 1 N–H and O–H groups in total. The summed E-state index contributed by atoms with van der Waals surface area (Å²) in [4.78, 5) is 24.0. The van der Waals surface area contributed by atoms with Gasteiger partial charge < -0.3 is 10.1 Å². The Bertz CT molecular complexity index is 932. The van der Waals surface area contributed by atoms with Crippen LogP contribution in [-0.2, 0) is 11.2 Å². The molecule has 1 amide bonds. The minimum Gasteiger partial charge on any atom is -0.480 e. The smallest absolute Gasteiger partial charge is 0.265 e. The van der Waals surface area contributed by atoms with Gasteiger partial charge in [0.25, 0.3) is 5.91 Å². The Hall–Kier alpha value is -3.14. The van der Waals surface area contributed by atoms with Gasteiger partial charge in [0.05, 0.1) is 5.56 Å². The van der Waals surface area contributed by atoms with E-state index in [0.717, 1.165) is 29.2 Å². The van der Waals surface area contributed by atoms with Crippen LogP contribution < -0.4 is 10.1 Å². The molecule has 0 heterocycles. The van der Waals surface area contributed by atoms with Gasteiger partial charge in [-0.05, 0) is 47.9 Å². The van der Waals surface area contributed by atoms with E-state index in [2.05, 4.69) is 12.2 Å². The molecule has 4 nitrogen and oxygen atoms in total. The van der Waals surface area contributed by atoms with E-state index in [1.54, 1.807) is 13.0 Å². The van der Waals surface area contributed by atoms with Gasteiger partial charge in [0.1, 0.15) is 5.75 Å². The highest BCUT2D eigenvalue weighted by molar-refractivity contribution is 6.01. The number of hydrogen-bond acceptors (Lipinski definition) is 3. The third-order valence-corrected chi connectivity index (χ3v) is 4.35. The van der Waals surface area contributed by atoms with Crippen LogP contribution in [0.4, 0.5) is 5.69 Å². The van der Waals surface area contributed by atoms with Crippen molar-refractivity contribution in [2.75, 3.05) is 5.32 Å². The predicted molar refractivity (Wildman–Crippen MR) is 104 cm³/mol. The van der Waals surface area contributed by atoms with Gasteiger partial charge in [0, 0.05) is 5.69 Å². The summed E-state index contributed by atoms with van der Waals surface area (Å²) in [5, 5.41) is 4.60. The fourth-order valence-corrected chi connectivity index (χ4v) is 2.81. The monoisotopic (exact) mass is 347 g/mol. The SMILES string of the molecule is CCc1ccc(NC(=O)[C@@H](C)Oc2ccc3ccccc3c2C=O)cc1. The molecule has 26 heavy (non-hydrogen) atoms. The van der Waals surface area contributed by atoms with Crippen LogP contribution in [0.3, 0.4) is 0 Å². The highest BCUT2D eigenvalue weighted by Crippen LogP contribution is 2.27. The number of nitrogens with one attached hydrogen (secondary N) is 1. The molecule has 132 valence electrons. The zero-order valence-electron chi connectivity index (χ0n) is 14.9. The quantitative estimate of drug-likeness (QED) is 0.662. The second-order valence-electron chi connectivity index (χ2n) is 6.12. The van der Waals surface area contributed by atoms with Gasteiger partial charge in [-0.15, -0.1) is 0 Å². The Morgan fingerprint density at radius 3 is 2.50 bits per heavy atom. The van der Waals surface area contributed by atoms with Crippen LogP contribution in [0.5, 0.6) is 5.75 Å². The first-order valence-electron chi connectivity index (χ1n) is 8.65. The van der Waals surface area contributed by atoms with E-state index >= 15 is 0 Å². The van der Waals surface area contributed by atoms with E-state index in [-0.39, 0.29) is 5.91 Å². The molecule has 0 aliphatic rings. The topological polar surface area (TPSA) is 55.4 Å². The molecular weight excluding hydrogens is 326 g/mol. The van der Waals surface area contributed by atoms with Crippen LogP contribution in [0.25, 0.3) is 10.8 Å². The number of rotatable bonds is 6. The Kier molecular flexibility index (Phi) is 5.32. The minimum absolute atomic E-state index is 0.265. The van der Waals surface area contributed by atoms with Crippen LogP contribution in [0.2, 0.25) is 0 Å². The molecule has 1 atom stereocenters. The predicted octanol–water partition coefficient (Wildman–Crippen LogP) is 4.62. The molecule has 3 aromatic rings. The molecule has 0 saturated heterocycles. The summed E-state index contributed by atoms with van der Waals surface area (Å²) in [5.41, 5.74) is 2.38. The molecule has 0 aliphatic heterocycles. The van der Waals surface area contributed by atoms with Gasteiger partial charge in [-0.3, -0.25) is 9.59 Å². The van der Waals surface area contributed by atoms with E-state index in [0.29, 0.717) is 11.3 Å². The maximum Gasteiger partial charge on any atom is 0.265 e. The van der Waals surface area contributed by atoms with Gasteiger partial charge in [-0.25, -0.2) is 0 Å². The standard InChI is InChI=1S/C22H21NO3/c1-3-16-8-11-18(12-9-16)23-22(25)15(2)26-21-13-10-17-6-4-5-7-19(17)20(21)14-24/h4-15H,3H2,1-2H3,(H,23,25)/t15-/m1/s1. The first-order chi connectivity index (χ1) is 12.6. The van der Waals surface area contributed by atoms with Crippen LogP contribution in [0.15, 0.2) is 60.7 Å². The highest BCUT2D eigenvalue weighted by atomic mass is 16.5. The van der Waals surface area contributed by atoms with E-state index in [4.69, 9.17) is 4.74 Å². The molecule has 0 aliphatic carbocycles. The fourth-order valence-electron chi connectivity index (χ4n) is 2.81. The minimum atomic E-state index is -0.735. The number of anilines is 1. The zero-order chi connectivity index (χ0) is 18.5. The maximum atomic E-state index is 12.4. The number of carbonyl (C=O) groups is 2. The van der Waals surface area contributed by atoms with Gasteiger partial charge in [-0.2, -0.15) is 0 Å². The molecule has 3 rings (SSSR count). The van der Waals surface area contributed by atoms with Crippen molar-refractivity contribution in [2.24, 2.45) is 0 Å². The van der Waals surface area contributed by atoms with Gasteiger partial charge in [0.2, 0.25) is 0 Å². The van der Waals surface area contributed by atoms with Crippen molar-refractivity contribution in [2.45, 2.75) is 26.4 Å². The van der Waals surface area contributed by atoms with Crippen LogP contribution in [0, 0.1) is 0 Å². The summed E-state index contributed by atoms with van der Waals surface area (Å²) in [5.74, 6) is 0.141. The molecule has 4 heteroatoms. The van der Waals surface area contributed by atoms with Gasteiger partial charge in [-0.1, -0.05) is 49.4 Å². The molecule has 3 aromatic carbocycles. The van der Waals surface area contributed by atoms with E-state index in [9.17, 15) is 9.59 Å². The van der Waals surface area contributed by atoms with Crippen molar-refractivity contribution in [1.29, 1.82) is 0 Å². The summed E-state index contributed by atoms with van der Waals surface area (Å²) < 4.78 is 5.78. The van der Waals surface area contributed by atoms with Crippen LogP contribution >= 0.6 is 0 Å². The largest absolute Gasteiger partial charge is 0.480 e. The molecule has 0 bridgehead atoms. The molecule has 0 aromatic heterocycles. The average Bonchev–Trinajstić information content (AvgIpc) is 2.68. The summed E-state index contributed by atoms with van der Waals surface area (Å²) in [7, 11) is 0. The van der Waals surface area contributed by atoms with Crippen molar-refractivity contribution in [1.82, 2.24) is 0 Å². The maximum absolute atomic E-state index is 12.4. The molecule has 0 fully saturated rings. The van der Waals surface area contributed by atoms with Crippen molar-refractivity contribution < 1.29 is 14.3 Å². The number of aryl methyl sites for hydroxylation is 1. The number of benzene rings is 3. The Morgan fingerprint density at radius 1 is 1.08 bits per heavy atom. The lowest BCUT2D eigenvalue weighted by molar-refractivity contribution is -0.122. The first kappa shape index (κ1) is 17.7. The van der Waals surface area contributed by atoms with Crippen molar-refractivity contribution in [3.8, 4) is 5.75 Å².